The first-order valence-electron chi connectivity index (χ1n) is 6.27. The number of nitrogens with zero attached hydrogens (tertiary/aromatic N) is 2. The van der Waals surface area contributed by atoms with Crippen molar-refractivity contribution >= 4 is 5.97 Å². The van der Waals surface area contributed by atoms with E-state index < -0.39 is 17.8 Å². The van der Waals surface area contributed by atoms with Crippen molar-refractivity contribution in [3.63, 3.8) is 0 Å². The Bertz CT molecular complexity index is 525. The number of nitriles is 1. The maximum Gasteiger partial charge on any atom is 0.320 e. The lowest BCUT2D eigenvalue weighted by Gasteiger charge is -2.32. The molecule has 0 saturated carbocycles. The van der Waals surface area contributed by atoms with Gasteiger partial charge in [-0.05, 0) is 31.5 Å². The minimum absolute atomic E-state index is 0.272. The first kappa shape index (κ1) is 13.5. The Morgan fingerprint density at radius 3 is 2.95 bits per heavy atom. The van der Waals surface area contributed by atoms with Crippen molar-refractivity contribution in [1.29, 1.82) is 5.26 Å². The third-order valence-corrected chi connectivity index (χ3v) is 3.45. The van der Waals surface area contributed by atoms with Gasteiger partial charge in [0.05, 0.1) is 11.6 Å². The van der Waals surface area contributed by atoms with Crippen LogP contribution in [-0.2, 0) is 11.3 Å². The first-order valence-corrected chi connectivity index (χ1v) is 6.27. The number of carboxylic acids is 1. The minimum Gasteiger partial charge on any atom is -0.480 e. The number of hydrogen-bond acceptors (Lipinski definition) is 3. The van der Waals surface area contributed by atoms with Crippen LogP contribution in [0, 0.1) is 17.1 Å². The summed E-state index contributed by atoms with van der Waals surface area (Å²) in [6.07, 6.45) is 2.43. The number of halogens is 1. The van der Waals surface area contributed by atoms with Gasteiger partial charge in [0, 0.05) is 12.1 Å². The van der Waals surface area contributed by atoms with Crippen molar-refractivity contribution in [1.82, 2.24) is 4.90 Å². The van der Waals surface area contributed by atoms with Crippen LogP contribution in [-0.4, -0.2) is 28.6 Å². The molecule has 1 aliphatic rings. The molecule has 1 saturated heterocycles. The average Bonchev–Trinajstić information content (AvgIpc) is 2.41. The Balaban J connectivity index is 2.15. The lowest BCUT2D eigenvalue weighted by atomic mass is 10.0. The third-order valence-electron chi connectivity index (χ3n) is 3.45. The topological polar surface area (TPSA) is 64.3 Å². The number of aliphatic carboxylic acids is 1. The van der Waals surface area contributed by atoms with Gasteiger partial charge in [0.2, 0.25) is 0 Å². The fraction of sp³-hybridized carbons (Fsp3) is 0.429. The number of carbonyl (C=O) groups is 1. The Morgan fingerprint density at radius 2 is 2.32 bits per heavy atom. The summed E-state index contributed by atoms with van der Waals surface area (Å²) >= 11 is 0. The van der Waals surface area contributed by atoms with E-state index in [2.05, 4.69) is 0 Å². The molecule has 0 amide bonds. The average molecular weight is 262 g/mol. The molecule has 19 heavy (non-hydrogen) atoms. The molecular weight excluding hydrogens is 247 g/mol. The molecular formula is C14H15FN2O2. The van der Waals surface area contributed by atoms with Crippen molar-refractivity contribution in [2.45, 2.75) is 31.8 Å². The predicted molar refractivity (Wildman–Crippen MR) is 66.8 cm³/mol. The lowest BCUT2D eigenvalue weighted by Crippen LogP contribution is -2.44. The molecule has 0 aromatic heterocycles. The summed E-state index contributed by atoms with van der Waals surface area (Å²) in [7, 11) is 0. The minimum atomic E-state index is -0.853. The summed E-state index contributed by atoms with van der Waals surface area (Å²) in [4.78, 5) is 12.9. The molecule has 4 nitrogen and oxygen atoms in total. The molecule has 0 radical (unpaired) electrons. The second-order valence-corrected chi connectivity index (χ2v) is 4.74. The van der Waals surface area contributed by atoms with Crippen LogP contribution in [0.4, 0.5) is 4.39 Å². The molecule has 0 bridgehead atoms. The van der Waals surface area contributed by atoms with Gasteiger partial charge in [-0.1, -0.05) is 12.5 Å². The van der Waals surface area contributed by atoms with Gasteiger partial charge in [0.25, 0.3) is 0 Å². The van der Waals surface area contributed by atoms with Crippen LogP contribution in [0.5, 0.6) is 0 Å². The summed E-state index contributed by atoms with van der Waals surface area (Å²) in [5, 5.41) is 17.8. The van der Waals surface area contributed by atoms with Crippen molar-refractivity contribution in [3.8, 4) is 6.07 Å². The molecule has 0 aliphatic carbocycles. The summed E-state index contributed by atoms with van der Waals surface area (Å²) in [5.74, 6) is -1.30. The van der Waals surface area contributed by atoms with E-state index >= 15 is 0 Å². The lowest BCUT2D eigenvalue weighted by molar-refractivity contribution is -0.144. The standard InChI is InChI=1S/C14H15FN2O2/c15-12-7-10(8-16)4-5-11(12)9-17-6-2-1-3-13(17)14(18)19/h4-5,7,13H,1-3,6,9H2,(H,18,19). The molecule has 1 unspecified atom stereocenters. The highest BCUT2D eigenvalue weighted by Gasteiger charge is 2.28. The largest absolute Gasteiger partial charge is 0.480 e. The van der Waals surface area contributed by atoms with E-state index in [9.17, 15) is 9.18 Å². The van der Waals surface area contributed by atoms with E-state index in [0.29, 0.717) is 18.5 Å². The van der Waals surface area contributed by atoms with Gasteiger partial charge in [-0.2, -0.15) is 5.26 Å². The van der Waals surface area contributed by atoms with Crippen LogP contribution in [0.3, 0.4) is 0 Å². The zero-order valence-electron chi connectivity index (χ0n) is 10.5. The van der Waals surface area contributed by atoms with E-state index in [-0.39, 0.29) is 12.1 Å². The molecule has 1 N–H and O–H groups in total. The molecule has 1 aliphatic heterocycles. The zero-order chi connectivity index (χ0) is 13.8. The highest BCUT2D eigenvalue weighted by Crippen LogP contribution is 2.21. The number of piperidine rings is 1. The Hall–Kier alpha value is -1.93. The van der Waals surface area contributed by atoms with Gasteiger partial charge in [-0.25, -0.2) is 4.39 Å². The Morgan fingerprint density at radius 1 is 1.53 bits per heavy atom. The van der Waals surface area contributed by atoms with Crippen LogP contribution in [0.25, 0.3) is 0 Å². The number of carboxylic acid groups (broad SMARTS) is 1. The predicted octanol–water partition coefficient (Wildman–Crippen LogP) is 2.14. The van der Waals surface area contributed by atoms with E-state index in [1.54, 1.807) is 17.0 Å². The van der Waals surface area contributed by atoms with Crippen molar-refractivity contribution in [2.24, 2.45) is 0 Å². The van der Waals surface area contributed by atoms with Gasteiger partial charge in [-0.15, -0.1) is 0 Å². The molecule has 1 aromatic rings. The van der Waals surface area contributed by atoms with Gasteiger partial charge >= 0.3 is 5.97 Å². The molecule has 5 heteroatoms. The van der Waals surface area contributed by atoms with Crippen LogP contribution in [0.1, 0.15) is 30.4 Å². The SMILES string of the molecule is N#Cc1ccc(CN2CCCCC2C(=O)O)c(F)c1. The highest BCUT2D eigenvalue weighted by molar-refractivity contribution is 5.73. The van der Waals surface area contributed by atoms with Crippen molar-refractivity contribution in [3.05, 3.63) is 35.1 Å². The van der Waals surface area contributed by atoms with Gasteiger partial charge in [-0.3, -0.25) is 9.69 Å². The van der Waals surface area contributed by atoms with Gasteiger partial charge in [0.15, 0.2) is 0 Å². The van der Waals surface area contributed by atoms with Crippen LogP contribution < -0.4 is 0 Å². The van der Waals surface area contributed by atoms with E-state index in [1.807, 2.05) is 6.07 Å². The summed E-state index contributed by atoms with van der Waals surface area (Å²) in [6, 6.07) is 5.64. The Labute approximate surface area is 111 Å². The number of rotatable bonds is 3. The number of benzene rings is 1. The molecule has 100 valence electrons. The van der Waals surface area contributed by atoms with Crippen LogP contribution >= 0.6 is 0 Å². The molecule has 2 rings (SSSR count). The first-order chi connectivity index (χ1) is 9.11. The molecule has 1 atom stereocenters. The van der Waals surface area contributed by atoms with E-state index in [4.69, 9.17) is 10.4 Å². The normalized spacial score (nSPS) is 19.9. The number of likely N-dealkylation sites (tertiary alicyclic amines) is 1. The fourth-order valence-corrected chi connectivity index (χ4v) is 2.42. The summed E-state index contributed by atoms with van der Waals surface area (Å²) in [6.45, 7) is 0.935. The summed E-state index contributed by atoms with van der Waals surface area (Å²) < 4.78 is 13.8. The second-order valence-electron chi connectivity index (χ2n) is 4.74. The maximum atomic E-state index is 13.8. The fourth-order valence-electron chi connectivity index (χ4n) is 2.42. The van der Waals surface area contributed by atoms with Crippen molar-refractivity contribution < 1.29 is 14.3 Å². The van der Waals surface area contributed by atoms with Crippen molar-refractivity contribution in [2.75, 3.05) is 6.54 Å². The third kappa shape index (κ3) is 3.09. The van der Waals surface area contributed by atoms with Gasteiger partial charge in [0.1, 0.15) is 11.9 Å². The van der Waals surface area contributed by atoms with Crippen LogP contribution in [0.15, 0.2) is 18.2 Å². The smallest absolute Gasteiger partial charge is 0.320 e. The summed E-state index contributed by atoms with van der Waals surface area (Å²) in [5.41, 5.74) is 0.710. The Kier molecular flexibility index (Phi) is 4.13. The molecule has 1 aromatic carbocycles. The quantitative estimate of drug-likeness (QED) is 0.906. The van der Waals surface area contributed by atoms with Crippen LogP contribution in [0.2, 0.25) is 0 Å². The van der Waals surface area contributed by atoms with Gasteiger partial charge < -0.3 is 5.11 Å². The highest BCUT2D eigenvalue weighted by atomic mass is 19.1. The van der Waals surface area contributed by atoms with E-state index in [0.717, 1.165) is 12.8 Å². The zero-order valence-corrected chi connectivity index (χ0v) is 10.5. The number of hydrogen-bond donors (Lipinski definition) is 1. The maximum absolute atomic E-state index is 13.8. The molecule has 1 fully saturated rings. The van der Waals surface area contributed by atoms with E-state index in [1.165, 1.54) is 6.07 Å². The monoisotopic (exact) mass is 262 g/mol. The second kappa shape index (κ2) is 5.81. The molecule has 0 spiro atoms. The molecule has 1 heterocycles.